The molecule has 1 rings (SSSR count). The van der Waals surface area contributed by atoms with Gasteiger partial charge in [0.1, 0.15) is 5.82 Å². The Bertz CT molecular complexity index is 379. The molecule has 0 spiro atoms. The number of hydrogen-bond acceptors (Lipinski definition) is 3. The van der Waals surface area contributed by atoms with Gasteiger partial charge < -0.3 is 10.6 Å². The molecule has 0 unspecified atom stereocenters. The highest BCUT2D eigenvalue weighted by molar-refractivity contribution is 5.82. The Labute approximate surface area is 94.3 Å². The van der Waals surface area contributed by atoms with Gasteiger partial charge in [0.2, 0.25) is 11.9 Å². The van der Waals surface area contributed by atoms with Crippen molar-refractivity contribution in [1.82, 2.24) is 10.3 Å². The molecular weight excluding hydrogens is 209 g/mol. The number of nitrogens with zero attached hydrogens (tertiary/aromatic N) is 1. The van der Waals surface area contributed by atoms with Gasteiger partial charge in [0.25, 0.3) is 0 Å². The molecule has 1 heterocycles. The number of amides is 1. The van der Waals surface area contributed by atoms with E-state index >= 15 is 0 Å². The van der Waals surface area contributed by atoms with E-state index in [9.17, 15) is 9.18 Å². The minimum atomic E-state index is -0.567. The van der Waals surface area contributed by atoms with Crippen molar-refractivity contribution in [3.8, 4) is 0 Å². The van der Waals surface area contributed by atoms with Crippen LogP contribution in [0, 0.1) is 11.4 Å². The quantitative estimate of drug-likeness (QED) is 0.762. The summed E-state index contributed by atoms with van der Waals surface area (Å²) in [6, 6.07) is 4.50. The molecule has 0 aliphatic rings. The van der Waals surface area contributed by atoms with Crippen LogP contribution in [0.25, 0.3) is 0 Å². The van der Waals surface area contributed by atoms with Gasteiger partial charge in [0.15, 0.2) is 0 Å². The molecule has 0 aliphatic heterocycles. The van der Waals surface area contributed by atoms with Crippen LogP contribution in [0.5, 0.6) is 0 Å². The normalized spacial score (nSPS) is 11.0. The second-order valence-electron chi connectivity index (χ2n) is 4.16. The van der Waals surface area contributed by atoms with Crippen LogP contribution in [-0.4, -0.2) is 24.5 Å². The maximum absolute atomic E-state index is 12.8. The fourth-order valence-electron chi connectivity index (χ4n) is 1.24. The summed E-state index contributed by atoms with van der Waals surface area (Å²) in [6.45, 7) is 4.00. The molecule has 16 heavy (non-hydrogen) atoms. The van der Waals surface area contributed by atoms with Gasteiger partial charge in [-0.2, -0.15) is 4.39 Å². The summed E-state index contributed by atoms with van der Waals surface area (Å²) < 4.78 is 12.8. The zero-order valence-electron chi connectivity index (χ0n) is 9.67. The van der Waals surface area contributed by atoms with E-state index in [-0.39, 0.29) is 5.91 Å². The molecule has 0 saturated carbocycles. The highest BCUT2D eigenvalue weighted by Crippen LogP contribution is 2.16. The summed E-state index contributed by atoms with van der Waals surface area (Å²) in [7, 11) is 1.59. The monoisotopic (exact) mass is 225 g/mol. The van der Waals surface area contributed by atoms with Gasteiger partial charge in [0, 0.05) is 13.6 Å². The molecule has 1 aromatic heterocycles. The van der Waals surface area contributed by atoms with Crippen LogP contribution in [0.2, 0.25) is 0 Å². The van der Waals surface area contributed by atoms with Gasteiger partial charge in [-0.25, -0.2) is 4.98 Å². The Hall–Kier alpha value is -1.65. The lowest BCUT2D eigenvalue weighted by molar-refractivity contribution is -0.128. The first kappa shape index (κ1) is 12.4. The first-order valence-corrected chi connectivity index (χ1v) is 5.04. The number of hydrogen-bond donors (Lipinski definition) is 2. The van der Waals surface area contributed by atoms with Crippen LogP contribution < -0.4 is 10.6 Å². The van der Waals surface area contributed by atoms with Crippen molar-refractivity contribution in [2.45, 2.75) is 13.8 Å². The van der Waals surface area contributed by atoms with Crippen molar-refractivity contribution >= 4 is 11.7 Å². The van der Waals surface area contributed by atoms with Gasteiger partial charge in [-0.3, -0.25) is 4.79 Å². The Morgan fingerprint density at radius 2 is 2.19 bits per heavy atom. The first-order chi connectivity index (χ1) is 7.45. The average molecular weight is 225 g/mol. The van der Waals surface area contributed by atoms with Crippen molar-refractivity contribution in [2.75, 3.05) is 18.9 Å². The standard InChI is InChI=1S/C11H16FN3O/c1-11(2,10(16)13-3)7-14-9-6-4-5-8(12)15-9/h4-6H,7H2,1-3H3,(H,13,16)(H,14,15). The van der Waals surface area contributed by atoms with Crippen LogP contribution in [-0.2, 0) is 4.79 Å². The number of aromatic nitrogens is 1. The Morgan fingerprint density at radius 1 is 1.50 bits per heavy atom. The molecule has 4 nitrogen and oxygen atoms in total. The van der Waals surface area contributed by atoms with E-state index in [1.54, 1.807) is 33.0 Å². The molecule has 0 atom stereocenters. The molecule has 1 amide bonds. The van der Waals surface area contributed by atoms with Crippen LogP contribution >= 0.6 is 0 Å². The summed E-state index contributed by atoms with van der Waals surface area (Å²) in [5.74, 6) is -0.184. The van der Waals surface area contributed by atoms with E-state index in [0.29, 0.717) is 12.4 Å². The number of pyridine rings is 1. The highest BCUT2D eigenvalue weighted by atomic mass is 19.1. The minimum Gasteiger partial charge on any atom is -0.369 e. The molecule has 88 valence electrons. The van der Waals surface area contributed by atoms with E-state index in [0.717, 1.165) is 0 Å². The molecule has 0 radical (unpaired) electrons. The van der Waals surface area contributed by atoms with Gasteiger partial charge in [0.05, 0.1) is 5.41 Å². The van der Waals surface area contributed by atoms with Crippen molar-refractivity contribution in [3.05, 3.63) is 24.1 Å². The molecule has 2 N–H and O–H groups in total. The van der Waals surface area contributed by atoms with Crippen LogP contribution in [0.15, 0.2) is 18.2 Å². The summed E-state index contributed by atoms with van der Waals surface area (Å²) in [5, 5.41) is 5.51. The topological polar surface area (TPSA) is 54.0 Å². The van der Waals surface area contributed by atoms with Crippen LogP contribution in [0.3, 0.4) is 0 Å². The highest BCUT2D eigenvalue weighted by Gasteiger charge is 2.26. The Balaban J connectivity index is 2.61. The lowest BCUT2D eigenvalue weighted by Gasteiger charge is -2.23. The molecule has 0 aliphatic carbocycles. The number of carbonyl (C=O) groups excluding carboxylic acids is 1. The average Bonchev–Trinajstić information content (AvgIpc) is 2.25. The van der Waals surface area contributed by atoms with E-state index in [1.165, 1.54) is 6.07 Å². The summed E-state index contributed by atoms with van der Waals surface area (Å²) in [5.41, 5.74) is -0.567. The van der Waals surface area contributed by atoms with E-state index in [1.807, 2.05) is 0 Å². The zero-order valence-corrected chi connectivity index (χ0v) is 9.67. The Kier molecular flexibility index (Phi) is 3.82. The molecule has 0 aromatic carbocycles. The molecule has 0 fully saturated rings. The molecule has 0 bridgehead atoms. The zero-order chi connectivity index (χ0) is 12.2. The summed E-state index contributed by atoms with van der Waals surface area (Å²) in [4.78, 5) is 15.1. The van der Waals surface area contributed by atoms with Gasteiger partial charge in [-0.05, 0) is 26.0 Å². The number of rotatable bonds is 4. The number of anilines is 1. The van der Waals surface area contributed by atoms with Crippen molar-refractivity contribution < 1.29 is 9.18 Å². The second kappa shape index (κ2) is 4.92. The van der Waals surface area contributed by atoms with Gasteiger partial charge >= 0.3 is 0 Å². The fourth-order valence-corrected chi connectivity index (χ4v) is 1.24. The maximum atomic E-state index is 12.8. The van der Waals surface area contributed by atoms with E-state index in [4.69, 9.17) is 0 Å². The third-order valence-corrected chi connectivity index (χ3v) is 2.27. The lowest BCUT2D eigenvalue weighted by Crippen LogP contribution is -2.39. The second-order valence-corrected chi connectivity index (χ2v) is 4.16. The number of carbonyl (C=O) groups is 1. The maximum Gasteiger partial charge on any atom is 0.227 e. The largest absolute Gasteiger partial charge is 0.369 e. The van der Waals surface area contributed by atoms with E-state index < -0.39 is 11.4 Å². The predicted molar refractivity (Wildman–Crippen MR) is 60.5 cm³/mol. The van der Waals surface area contributed by atoms with Gasteiger partial charge in [-0.15, -0.1) is 0 Å². The third kappa shape index (κ3) is 3.18. The van der Waals surface area contributed by atoms with Crippen LogP contribution in [0.1, 0.15) is 13.8 Å². The SMILES string of the molecule is CNC(=O)C(C)(C)CNc1cccc(F)n1. The summed E-state index contributed by atoms with van der Waals surface area (Å²) >= 11 is 0. The van der Waals surface area contributed by atoms with Crippen LogP contribution in [0.4, 0.5) is 10.2 Å². The Morgan fingerprint density at radius 3 is 2.75 bits per heavy atom. The van der Waals surface area contributed by atoms with Crippen molar-refractivity contribution in [3.63, 3.8) is 0 Å². The van der Waals surface area contributed by atoms with Crippen molar-refractivity contribution in [1.29, 1.82) is 0 Å². The molecule has 1 aromatic rings. The lowest BCUT2D eigenvalue weighted by atomic mass is 9.92. The van der Waals surface area contributed by atoms with Crippen molar-refractivity contribution in [2.24, 2.45) is 5.41 Å². The summed E-state index contributed by atoms with van der Waals surface area (Å²) in [6.07, 6.45) is 0. The molecular formula is C11H16FN3O. The minimum absolute atomic E-state index is 0.0728. The number of nitrogens with one attached hydrogen (secondary N) is 2. The molecule has 5 heteroatoms. The predicted octanol–water partition coefficient (Wildman–Crippen LogP) is 1.40. The third-order valence-electron chi connectivity index (χ3n) is 2.27. The van der Waals surface area contributed by atoms with E-state index in [2.05, 4.69) is 15.6 Å². The fraction of sp³-hybridized carbons (Fsp3) is 0.455. The smallest absolute Gasteiger partial charge is 0.227 e. The molecule has 0 saturated heterocycles. The first-order valence-electron chi connectivity index (χ1n) is 5.04. The number of halogens is 1. The van der Waals surface area contributed by atoms with Gasteiger partial charge in [-0.1, -0.05) is 6.07 Å².